The summed E-state index contributed by atoms with van der Waals surface area (Å²) in [6.07, 6.45) is 5.44. The molecule has 0 unspecified atom stereocenters. The van der Waals surface area contributed by atoms with Gasteiger partial charge < -0.3 is 4.90 Å². The molecule has 3 heteroatoms. The van der Waals surface area contributed by atoms with Crippen molar-refractivity contribution in [3.05, 3.63) is 24.3 Å². The number of nitrogens with zero attached hydrogens (tertiary/aromatic N) is 2. The van der Waals surface area contributed by atoms with Gasteiger partial charge in [0.25, 0.3) is 0 Å². The molecule has 0 radical (unpaired) electrons. The number of anilines is 1. The van der Waals surface area contributed by atoms with Crippen molar-refractivity contribution in [2.24, 2.45) is 10.9 Å². The third-order valence-electron chi connectivity index (χ3n) is 4.15. The van der Waals surface area contributed by atoms with Crippen molar-refractivity contribution in [3.63, 3.8) is 0 Å². The zero-order chi connectivity index (χ0) is 11.2. The SMILES string of the molecule is c1ccc2c(c1)SC1=N[C@@H]3CCCC[C@@H]3CN12. The number of hydrogen-bond acceptors (Lipinski definition) is 3. The molecule has 17 heavy (non-hydrogen) atoms. The minimum absolute atomic E-state index is 0.608. The third kappa shape index (κ3) is 1.52. The fourth-order valence-corrected chi connectivity index (χ4v) is 4.34. The van der Waals surface area contributed by atoms with E-state index < -0.39 is 0 Å². The van der Waals surface area contributed by atoms with Gasteiger partial charge in [-0.25, -0.2) is 0 Å². The van der Waals surface area contributed by atoms with E-state index >= 15 is 0 Å². The minimum atomic E-state index is 0.608. The first-order valence-electron chi connectivity index (χ1n) is 6.54. The summed E-state index contributed by atoms with van der Waals surface area (Å²) in [5.74, 6) is 0.791. The summed E-state index contributed by atoms with van der Waals surface area (Å²) in [5, 5.41) is 1.24. The van der Waals surface area contributed by atoms with Crippen LogP contribution < -0.4 is 4.90 Å². The van der Waals surface area contributed by atoms with Crippen molar-refractivity contribution < 1.29 is 0 Å². The number of amidine groups is 1. The molecule has 0 spiro atoms. The third-order valence-corrected chi connectivity index (χ3v) is 5.22. The number of aliphatic imine (C=N–C) groups is 1. The van der Waals surface area contributed by atoms with Gasteiger partial charge in [-0.2, -0.15) is 0 Å². The average molecular weight is 244 g/mol. The lowest BCUT2D eigenvalue weighted by Crippen LogP contribution is -2.42. The Morgan fingerprint density at radius 3 is 3.06 bits per heavy atom. The zero-order valence-corrected chi connectivity index (χ0v) is 10.6. The zero-order valence-electron chi connectivity index (χ0n) is 9.80. The topological polar surface area (TPSA) is 15.6 Å². The normalized spacial score (nSPS) is 30.4. The van der Waals surface area contributed by atoms with E-state index in [1.165, 1.54) is 48.0 Å². The first kappa shape index (κ1) is 10.0. The van der Waals surface area contributed by atoms with Crippen molar-refractivity contribution in [2.75, 3.05) is 11.4 Å². The summed E-state index contributed by atoms with van der Waals surface area (Å²) < 4.78 is 0. The molecule has 4 rings (SSSR count). The Bertz CT molecular complexity index is 483. The van der Waals surface area contributed by atoms with Gasteiger partial charge in [-0.15, -0.1) is 0 Å². The lowest BCUT2D eigenvalue weighted by Gasteiger charge is -2.37. The van der Waals surface area contributed by atoms with Crippen LogP contribution in [0, 0.1) is 5.92 Å². The van der Waals surface area contributed by atoms with Crippen LogP contribution in [0.1, 0.15) is 25.7 Å². The average Bonchev–Trinajstić information content (AvgIpc) is 2.73. The summed E-state index contributed by atoms with van der Waals surface area (Å²) in [4.78, 5) is 8.80. The first-order valence-corrected chi connectivity index (χ1v) is 7.36. The molecule has 0 amide bonds. The van der Waals surface area contributed by atoms with Crippen LogP contribution in [0.2, 0.25) is 0 Å². The highest BCUT2D eigenvalue weighted by Crippen LogP contribution is 2.44. The number of benzene rings is 1. The Hall–Kier alpha value is -0.960. The molecule has 0 bridgehead atoms. The van der Waals surface area contributed by atoms with E-state index in [1.807, 2.05) is 11.8 Å². The fraction of sp³-hybridized carbons (Fsp3) is 0.500. The molecule has 2 nitrogen and oxygen atoms in total. The molecule has 0 aromatic heterocycles. The molecule has 0 N–H and O–H groups in total. The highest BCUT2D eigenvalue weighted by Gasteiger charge is 2.37. The van der Waals surface area contributed by atoms with Gasteiger partial charge in [-0.3, -0.25) is 4.99 Å². The van der Waals surface area contributed by atoms with Crippen molar-refractivity contribution in [3.8, 4) is 0 Å². The van der Waals surface area contributed by atoms with Gasteiger partial charge in [0.1, 0.15) is 0 Å². The largest absolute Gasteiger partial charge is 0.319 e. The second kappa shape index (κ2) is 3.77. The maximum atomic E-state index is 4.99. The Labute approximate surface area is 106 Å². The van der Waals surface area contributed by atoms with Crippen molar-refractivity contribution in [1.29, 1.82) is 0 Å². The molecular weight excluding hydrogens is 228 g/mol. The summed E-state index contributed by atoms with van der Waals surface area (Å²) >= 11 is 1.85. The number of fused-ring (bicyclic) bond motifs is 4. The maximum absolute atomic E-state index is 4.99. The van der Waals surface area contributed by atoms with Crippen LogP contribution >= 0.6 is 11.8 Å². The van der Waals surface area contributed by atoms with Crippen LogP contribution in [0.25, 0.3) is 0 Å². The summed E-state index contributed by atoms with van der Waals surface area (Å²) in [6, 6.07) is 9.31. The van der Waals surface area contributed by atoms with Crippen LogP contribution in [0.4, 0.5) is 5.69 Å². The van der Waals surface area contributed by atoms with Gasteiger partial charge >= 0.3 is 0 Å². The number of para-hydroxylation sites is 1. The number of rotatable bonds is 0. The van der Waals surface area contributed by atoms with Gasteiger partial charge in [0.05, 0.1) is 11.7 Å². The van der Waals surface area contributed by atoms with Crippen molar-refractivity contribution in [2.45, 2.75) is 36.6 Å². The molecule has 2 aliphatic heterocycles. The molecule has 88 valence electrons. The Morgan fingerprint density at radius 2 is 2.06 bits per heavy atom. The fourth-order valence-electron chi connectivity index (χ4n) is 3.24. The van der Waals surface area contributed by atoms with E-state index in [-0.39, 0.29) is 0 Å². The monoisotopic (exact) mass is 244 g/mol. The highest BCUT2D eigenvalue weighted by molar-refractivity contribution is 8.14. The van der Waals surface area contributed by atoms with E-state index in [4.69, 9.17) is 4.99 Å². The van der Waals surface area contributed by atoms with Crippen LogP contribution in [-0.4, -0.2) is 17.8 Å². The van der Waals surface area contributed by atoms with Crippen LogP contribution in [0.5, 0.6) is 0 Å². The Balaban J connectivity index is 1.73. The lowest BCUT2D eigenvalue weighted by atomic mass is 9.84. The molecule has 1 aromatic rings. The van der Waals surface area contributed by atoms with E-state index in [0.29, 0.717) is 6.04 Å². The predicted molar refractivity (Wildman–Crippen MR) is 72.8 cm³/mol. The van der Waals surface area contributed by atoms with E-state index in [2.05, 4.69) is 29.2 Å². The molecule has 0 saturated heterocycles. The van der Waals surface area contributed by atoms with Gasteiger partial charge in [-0.1, -0.05) is 25.0 Å². The van der Waals surface area contributed by atoms with Crippen molar-refractivity contribution >= 4 is 22.6 Å². The minimum Gasteiger partial charge on any atom is -0.319 e. The van der Waals surface area contributed by atoms with Crippen molar-refractivity contribution in [1.82, 2.24) is 0 Å². The maximum Gasteiger partial charge on any atom is 0.169 e. The van der Waals surface area contributed by atoms with Gasteiger partial charge in [0, 0.05) is 11.4 Å². The Morgan fingerprint density at radius 1 is 1.18 bits per heavy atom. The molecule has 1 aliphatic carbocycles. The molecule has 1 aromatic carbocycles. The van der Waals surface area contributed by atoms with Crippen LogP contribution in [0.3, 0.4) is 0 Å². The Kier molecular flexibility index (Phi) is 2.22. The summed E-state index contributed by atoms with van der Waals surface area (Å²) in [7, 11) is 0. The summed E-state index contributed by atoms with van der Waals surface area (Å²) in [6.45, 7) is 1.19. The van der Waals surface area contributed by atoms with Crippen LogP contribution in [-0.2, 0) is 0 Å². The molecule has 1 saturated carbocycles. The second-order valence-corrected chi connectivity index (χ2v) is 6.21. The molecule has 3 aliphatic rings. The second-order valence-electron chi connectivity index (χ2n) is 5.20. The standard InChI is InChI=1S/C14H16N2S/c1-2-6-11-10(5-1)9-16-12-7-3-4-8-13(12)17-14(16)15-11/h3-4,7-8,10-11H,1-2,5-6,9H2/t10-,11-/m1/s1. The van der Waals surface area contributed by atoms with Gasteiger partial charge in [0.2, 0.25) is 0 Å². The summed E-state index contributed by atoms with van der Waals surface area (Å²) in [5.41, 5.74) is 1.38. The number of hydrogen-bond donors (Lipinski definition) is 0. The molecular formula is C14H16N2S. The van der Waals surface area contributed by atoms with Crippen LogP contribution in [0.15, 0.2) is 34.2 Å². The predicted octanol–water partition coefficient (Wildman–Crippen LogP) is 3.53. The van der Waals surface area contributed by atoms with Gasteiger partial charge in [-0.05, 0) is 42.7 Å². The smallest absolute Gasteiger partial charge is 0.169 e. The molecule has 2 heterocycles. The number of thioether (sulfide) groups is 1. The lowest BCUT2D eigenvalue weighted by molar-refractivity contribution is 0.309. The molecule has 2 atom stereocenters. The molecule has 1 fully saturated rings. The first-order chi connectivity index (χ1) is 8.42. The van der Waals surface area contributed by atoms with E-state index in [1.54, 1.807) is 0 Å². The van der Waals surface area contributed by atoms with E-state index in [0.717, 1.165) is 5.92 Å². The van der Waals surface area contributed by atoms with Gasteiger partial charge in [0.15, 0.2) is 5.17 Å². The van der Waals surface area contributed by atoms with E-state index in [9.17, 15) is 0 Å². The quantitative estimate of drug-likeness (QED) is 0.694. The highest BCUT2D eigenvalue weighted by atomic mass is 32.2.